The summed E-state index contributed by atoms with van der Waals surface area (Å²) in [5.41, 5.74) is 1.78. The van der Waals surface area contributed by atoms with Gasteiger partial charge in [0, 0.05) is 25.1 Å². The summed E-state index contributed by atoms with van der Waals surface area (Å²) < 4.78 is 11.1. The molecule has 0 saturated carbocycles. The summed E-state index contributed by atoms with van der Waals surface area (Å²) in [4.78, 5) is 39.0. The predicted molar refractivity (Wildman–Crippen MR) is 132 cm³/mol. The van der Waals surface area contributed by atoms with Crippen LogP contribution in [-0.4, -0.2) is 47.9 Å². The number of carbonyl (C=O) groups is 3. The minimum absolute atomic E-state index is 0.0557. The Balaban J connectivity index is 1.98. The summed E-state index contributed by atoms with van der Waals surface area (Å²) >= 11 is 0. The maximum absolute atomic E-state index is 13.0. The third kappa shape index (κ3) is 9.25. The van der Waals surface area contributed by atoms with E-state index in [9.17, 15) is 14.4 Å². The summed E-state index contributed by atoms with van der Waals surface area (Å²) in [6.07, 6.45) is 0.462. The molecule has 0 atom stereocenters. The number of nitrogens with one attached hydrogen (secondary N) is 1. The highest BCUT2D eigenvalue weighted by atomic mass is 16.6. The molecule has 0 aromatic heterocycles. The summed E-state index contributed by atoms with van der Waals surface area (Å²) in [5.74, 6) is 0.398. The molecular weight excluding hydrogens is 432 g/mol. The lowest BCUT2D eigenvalue weighted by Crippen LogP contribution is -2.42. The number of carbonyl (C=O) groups excluding carboxylic acids is 3. The lowest BCUT2D eigenvalue weighted by Gasteiger charge is -2.24. The van der Waals surface area contributed by atoms with Crippen molar-refractivity contribution in [1.29, 1.82) is 0 Å². The highest BCUT2D eigenvalue weighted by Gasteiger charge is 2.20. The molecule has 7 heteroatoms. The number of hydrogen-bond donors (Lipinski definition) is 1. The standard InChI is InChI=1S/C27H36N2O5/c1-6-10-25(31)29(16-15-28-26(32)34-27(3,4)5)18-24(30)23-14-13-22(17-20(23)2)33-19-21-11-8-7-9-12-21/h7-9,11-14,17H,6,10,15-16,18-19H2,1-5H3,(H,28,32). The van der Waals surface area contributed by atoms with Gasteiger partial charge < -0.3 is 19.7 Å². The lowest BCUT2D eigenvalue weighted by molar-refractivity contribution is -0.130. The number of rotatable bonds is 11. The molecule has 34 heavy (non-hydrogen) atoms. The van der Waals surface area contributed by atoms with Gasteiger partial charge in [-0.3, -0.25) is 9.59 Å². The highest BCUT2D eigenvalue weighted by Crippen LogP contribution is 2.19. The Labute approximate surface area is 202 Å². The van der Waals surface area contributed by atoms with Crippen molar-refractivity contribution >= 4 is 17.8 Å². The molecule has 0 bridgehead atoms. The summed E-state index contributed by atoms with van der Waals surface area (Å²) in [6, 6.07) is 15.2. The Morgan fingerprint density at radius 3 is 2.35 bits per heavy atom. The van der Waals surface area contributed by atoms with Crippen LogP contribution in [0.4, 0.5) is 4.79 Å². The number of benzene rings is 2. The zero-order valence-electron chi connectivity index (χ0n) is 20.8. The monoisotopic (exact) mass is 468 g/mol. The fraction of sp³-hybridized carbons (Fsp3) is 0.444. The van der Waals surface area contributed by atoms with Crippen molar-refractivity contribution in [3.63, 3.8) is 0 Å². The normalized spacial score (nSPS) is 11.0. The number of ketones is 1. The van der Waals surface area contributed by atoms with Gasteiger partial charge in [0.2, 0.25) is 5.91 Å². The molecule has 0 aliphatic carbocycles. The third-order valence-electron chi connectivity index (χ3n) is 4.95. The van der Waals surface area contributed by atoms with E-state index in [1.54, 1.807) is 32.9 Å². The molecule has 1 N–H and O–H groups in total. The molecular formula is C27H36N2O5. The van der Waals surface area contributed by atoms with Crippen LogP contribution in [0.3, 0.4) is 0 Å². The fourth-order valence-corrected chi connectivity index (χ4v) is 3.31. The first kappa shape index (κ1) is 26.9. The fourth-order valence-electron chi connectivity index (χ4n) is 3.31. The van der Waals surface area contributed by atoms with E-state index in [1.165, 1.54) is 4.90 Å². The van der Waals surface area contributed by atoms with Crippen LogP contribution in [0, 0.1) is 6.92 Å². The van der Waals surface area contributed by atoms with E-state index < -0.39 is 11.7 Å². The van der Waals surface area contributed by atoms with Crippen molar-refractivity contribution in [3.8, 4) is 5.75 Å². The number of alkyl carbamates (subject to hydrolysis) is 1. The second kappa shape index (κ2) is 12.8. The van der Waals surface area contributed by atoms with Gasteiger partial charge in [-0.2, -0.15) is 0 Å². The van der Waals surface area contributed by atoms with E-state index in [0.29, 0.717) is 30.8 Å². The maximum atomic E-state index is 13.0. The van der Waals surface area contributed by atoms with E-state index in [4.69, 9.17) is 9.47 Å². The molecule has 0 radical (unpaired) electrons. The first-order valence-corrected chi connectivity index (χ1v) is 11.6. The van der Waals surface area contributed by atoms with Crippen molar-refractivity contribution in [2.24, 2.45) is 0 Å². The van der Waals surface area contributed by atoms with Crippen molar-refractivity contribution in [3.05, 3.63) is 65.2 Å². The molecule has 0 aliphatic heterocycles. The molecule has 0 spiro atoms. The van der Waals surface area contributed by atoms with Crippen LogP contribution >= 0.6 is 0 Å². The Kier molecular flexibility index (Phi) is 10.1. The Hall–Kier alpha value is -3.35. The number of aryl methyl sites for hydroxylation is 1. The number of hydrogen-bond acceptors (Lipinski definition) is 5. The third-order valence-corrected chi connectivity index (χ3v) is 4.95. The summed E-state index contributed by atoms with van der Waals surface area (Å²) in [6.45, 7) is 9.91. The molecule has 2 amide bonds. The molecule has 0 fully saturated rings. The minimum Gasteiger partial charge on any atom is -0.489 e. The van der Waals surface area contributed by atoms with Gasteiger partial charge in [-0.15, -0.1) is 0 Å². The van der Waals surface area contributed by atoms with Crippen LogP contribution in [0.2, 0.25) is 0 Å². The molecule has 0 unspecified atom stereocenters. The van der Waals surface area contributed by atoms with Crippen molar-refractivity contribution < 1.29 is 23.9 Å². The predicted octanol–water partition coefficient (Wildman–Crippen LogP) is 4.91. The summed E-state index contributed by atoms with van der Waals surface area (Å²) in [5, 5.41) is 2.64. The number of ether oxygens (including phenoxy) is 2. The van der Waals surface area contributed by atoms with Crippen LogP contribution in [-0.2, 0) is 16.1 Å². The number of amides is 2. The maximum Gasteiger partial charge on any atom is 0.407 e. The second-order valence-corrected chi connectivity index (χ2v) is 9.17. The van der Waals surface area contributed by atoms with E-state index in [2.05, 4.69) is 5.32 Å². The summed E-state index contributed by atoms with van der Waals surface area (Å²) in [7, 11) is 0. The van der Waals surface area contributed by atoms with Crippen LogP contribution in [0.15, 0.2) is 48.5 Å². The average molecular weight is 469 g/mol. The van der Waals surface area contributed by atoms with Gasteiger partial charge in [-0.25, -0.2) is 4.79 Å². The molecule has 7 nitrogen and oxygen atoms in total. The molecule has 2 aromatic carbocycles. The largest absolute Gasteiger partial charge is 0.489 e. The lowest BCUT2D eigenvalue weighted by atomic mass is 10.0. The van der Waals surface area contributed by atoms with Crippen LogP contribution in [0.1, 0.15) is 62.0 Å². The quantitative estimate of drug-likeness (QED) is 0.474. The Morgan fingerprint density at radius 1 is 1.03 bits per heavy atom. The molecule has 2 aromatic rings. The van der Waals surface area contributed by atoms with E-state index >= 15 is 0 Å². The number of Topliss-reactive ketones (excluding diaryl/α,β-unsaturated/α-hetero) is 1. The van der Waals surface area contributed by atoms with Gasteiger partial charge in [0.1, 0.15) is 18.0 Å². The van der Waals surface area contributed by atoms with Crippen molar-refractivity contribution in [2.45, 2.75) is 59.7 Å². The van der Waals surface area contributed by atoms with Crippen molar-refractivity contribution in [1.82, 2.24) is 10.2 Å². The smallest absolute Gasteiger partial charge is 0.407 e. The SMILES string of the molecule is CCCC(=O)N(CCNC(=O)OC(C)(C)C)CC(=O)c1ccc(OCc2ccccc2)cc1C. The minimum atomic E-state index is -0.605. The molecule has 184 valence electrons. The molecule has 0 aliphatic rings. The molecule has 0 heterocycles. The van der Waals surface area contributed by atoms with Gasteiger partial charge in [-0.05, 0) is 63.4 Å². The van der Waals surface area contributed by atoms with Crippen LogP contribution in [0.5, 0.6) is 5.75 Å². The Bertz CT molecular complexity index is 967. The second-order valence-electron chi connectivity index (χ2n) is 9.17. The van der Waals surface area contributed by atoms with Crippen molar-refractivity contribution in [2.75, 3.05) is 19.6 Å². The van der Waals surface area contributed by atoms with Crippen LogP contribution < -0.4 is 10.1 Å². The van der Waals surface area contributed by atoms with Crippen LogP contribution in [0.25, 0.3) is 0 Å². The van der Waals surface area contributed by atoms with Gasteiger partial charge >= 0.3 is 6.09 Å². The van der Waals surface area contributed by atoms with E-state index in [-0.39, 0.29) is 31.3 Å². The van der Waals surface area contributed by atoms with Gasteiger partial charge in [-0.1, -0.05) is 37.3 Å². The average Bonchev–Trinajstić information content (AvgIpc) is 2.76. The Morgan fingerprint density at radius 2 is 1.74 bits per heavy atom. The van der Waals surface area contributed by atoms with Gasteiger partial charge in [0.15, 0.2) is 5.78 Å². The zero-order chi connectivity index (χ0) is 25.1. The topological polar surface area (TPSA) is 84.9 Å². The zero-order valence-corrected chi connectivity index (χ0v) is 20.8. The first-order chi connectivity index (χ1) is 16.1. The number of nitrogens with zero attached hydrogens (tertiary/aromatic N) is 1. The first-order valence-electron chi connectivity index (χ1n) is 11.6. The van der Waals surface area contributed by atoms with E-state index in [0.717, 1.165) is 11.1 Å². The van der Waals surface area contributed by atoms with E-state index in [1.807, 2.05) is 50.2 Å². The highest BCUT2D eigenvalue weighted by molar-refractivity contribution is 6.00. The molecule has 0 saturated heterocycles. The van der Waals surface area contributed by atoms with Gasteiger partial charge in [0.25, 0.3) is 0 Å². The van der Waals surface area contributed by atoms with Gasteiger partial charge in [0.05, 0.1) is 6.54 Å². The molecule has 2 rings (SSSR count).